The zero-order valence-corrected chi connectivity index (χ0v) is 16.6. The maximum atomic E-state index is 13.0. The number of rotatable bonds is 7. The van der Waals surface area contributed by atoms with Gasteiger partial charge in [0.2, 0.25) is 0 Å². The van der Waals surface area contributed by atoms with Crippen molar-refractivity contribution >= 4 is 29.0 Å². The lowest BCUT2D eigenvalue weighted by Crippen LogP contribution is -2.35. The largest absolute Gasteiger partial charge is 0.464 e. The van der Waals surface area contributed by atoms with Crippen LogP contribution in [0.15, 0.2) is 17.5 Å². The standard InChI is InChI=1S/C19H24N2O4S/c1-6-20(18(23)15-9-8-10-26-15)11-14(22)16-12(3)17(19(24)25-5)21(7-2)13(16)4/h8-10H,6-7,11H2,1-5H3. The summed E-state index contributed by atoms with van der Waals surface area (Å²) in [5.74, 6) is -0.799. The van der Waals surface area contributed by atoms with Gasteiger partial charge in [-0.1, -0.05) is 6.07 Å². The Hall–Kier alpha value is -2.41. The van der Waals surface area contributed by atoms with E-state index in [1.165, 1.54) is 23.3 Å². The van der Waals surface area contributed by atoms with Crippen LogP contribution in [0.25, 0.3) is 0 Å². The second-order valence-corrected chi connectivity index (χ2v) is 6.84. The molecule has 0 atom stereocenters. The average molecular weight is 376 g/mol. The normalized spacial score (nSPS) is 10.7. The lowest BCUT2D eigenvalue weighted by molar-refractivity contribution is 0.0587. The van der Waals surface area contributed by atoms with Crippen LogP contribution in [0.1, 0.15) is 55.6 Å². The quantitative estimate of drug-likeness (QED) is 0.549. The molecule has 6 nitrogen and oxygen atoms in total. The highest BCUT2D eigenvalue weighted by Gasteiger charge is 2.28. The van der Waals surface area contributed by atoms with Gasteiger partial charge in [0.15, 0.2) is 5.78 Å². The van der Waals surface area contributed by atoms with Gasteiger partial charge in [-0.3, -0.25) is 9.59 Å². The van der Waals surface area contributed by atoms with E-state index in [1.807, 2.05) is 32.2 Å². The molecule has 26 heavy (non-hydrogen) atoms. The van der Waals surface area contributed by atoms with E-state index in [0.717, 1.165) is 5.69 Å². The Morgan fingerprint density at radius 1 is 1.23 bits per heavy atom. The van der Waals surface area contributed by atoms with Crippen molar-refractivity contribution in [2.45, 2.75) is 34.2 Å². The van der Waals surface area contributed by atoms with Gasteiger partial charge in [-0.05, 0) is 44.7 Å². The number of thiophene rings is 1. The highest BCUT2D eigenvalue weighted by atomic mass is 32.1. The minimum atomic E-state index is -0.464. The average Bonchev–Trinajstić information content (AvgIpc) is 3.24. The molecule has 0 spiro atoms. The van der Waals surface area contributed by atoms with Crippen LogP contribution in [0.2, 0.25) is 0 Å². The van der Waals surface area contributed by atoms with Crippen molar-refractivity contribution in [2.24, 2.45) is 0 Å². The van der Waals surface area contributed by atoms with Gasteiger partial charge in [0.1, 0.15) is 5.69 Å². The number of likely N-dealkylation sites (N-methyl/N-ethyl adjacent to an activating group) is 1. The number of ketones is 1. The Labute approximate surface area is 157 Å². The van der Waals surface area contributed by atoms with Crippen molar-refractivity contribution in [3.8, 4) is 0 Å². The van der Waals surface area contributed by atoms with Crippen molar-refractivity contribution < 1.29 is 19.1 Å². The molecule has 2 aromatic heterocycles. The van der Waals surface area contributed by atoms with E-state index in [9.17, 15) is 14.4 Å². The van der Waals surface area contributed by atoms with Crippen molar-refractivity contribution in [3.05, 3.63) is 44.9 Å². The van der Waals surface area contributed by atoms with Crippen molar-refractivity contribution in [1.29, 1.82) is 0 Å². The Morgan fingerprint density at radius 2 is 1.92 bits per heavy atom. The van der Waals surface area contributed by atoms with E-state index in [0.29, 0.717) is 34.8 Å². The summed E-state index contributed by atoms with van der Waals surface area (Å²) in [6.07, 6.45) is 0. The van der Waals surface area contributed by atoms with Gasteiger partial charge >= 0.3 is 5.97 Å². The molecule has 0 N–H and O–H groups in total. The second kappa shape index (κ2) is 8.31. The first-order valence-electron chi connectivity index (χ1n) is 8.51. The van der Waals surface area contributed by atoms with Crippen molar-refractivity contribution in [1.82, 2.24) is 9.47 Å². The van der Waals surface area contributed by atoms with Crippen LogP contribution in [0.4, 0.5) is 0 Å². The Bertz CT molecular complexity index is 821. The number of carbonyl (C=O) groups is 3. The first-order chi connectivity index (χ1) is 12.4. The molecule has 0 unspecified atom stereocenters. The minimum Gasteiger partial charge on any atom is -0.464 e. The molecule has 0 aliphatic carbocycles. The topological polar surface area (TPSA) is 68.6 Å². The number of hydrogen-bond donors (Lipinski definition) is 0. The van der Waals surface area contributed by atoms with Gasteiger partial charge in [-0.25, -0.2) is 4.79 Å². The summed E-state index contributed by atoms with van der Waals surface area (Å²) < 4.78 is 6.65. The van der Waals surface area contributed by atoms with Crippen LogP contribution >= 0.6 is 11.3 Å². The smallest absolute Gasteiger partial charge is 0.354 e. The minimum absolute atomic E-state index is 0.0246. The lowest BCUT2D eigenvalue weighted by Gasteiger charge is -2.19. The lowest BCUT2D eigenvalue weighted by atomic mass is 10.1. The molecule has 1 amide bonds. The SMILES string of the molecule is CCN(CC(=O)c1c(C)c(C(=O)OC)n(CC)c1C)C(=O)c1cccs1. The number of methoxy groups -OCH3 is 1. The molecule has 2 rings (SSSR count). The van der Waals surface area contributed by atoms with Gasteiger partial charge in [-0.15, -0.1) is 11.3 Å². The molecule has 0 saturated heterocycles. The molecule has 2 aromatic rings. The first kappa shape index (κ1) is 19.9. The van der Waals surface area contributed by atoms with Crippen LogP contribution in [0, 0.1) is 13.8 Å². The molecule has 0 aromatic carbocycles. The Morgan fingerprint density at radius 3 is 2.42 bits per heavy atom. The summed E-state index contributed by atoms with van der Waals surface area (Å²) in [6.45, 7) is 8.27. The van der Waals surface area contributed by atoms with Crippen LogP contribution in [-0.4, -0.2) is 47.3 Å². The van der Waals surface area contributed by atoms with E-state index in [-0.39, 0.29) is 18.2 Å². The third kappa shape index (κ3) is 3.58. The number of Topliss-reactive ketones (excluding diaryl/α,β-unsaturated/α-hetero) is 1. The van der Waals surface area contributed by atoms with E-state index >= 15 is 0 Å². The Kier molecular flexibility index (Phi) is 6.37. The number of ether oxygens (including phenoxy) is 1. The van der Waals surface area contributed by atoms with Crippen LogP contribution in [0.5, 0.6) is 0 Å². The molecule has 0 radical (unpaired) electrons. The molecule has 0 aliphatic rings. The molecular weight excluding hydrogens is 352 g/mol. The van der Waals surface area contributed by atoms with E-state index in [4.69, 9.17) is 4.74 Å². The molecule has 0 fully saturated rings. The maximum Gasteiger partial charge on any atom is 0.354 e. The third-order valence-corrected chi connectivity index (χ3v) is 5.33. The molecule has 2 heterocycles. The molecule has 0 aliphatic heterocycles. The summed E-state index contributed by atoms with van der Waals surface area (Å²) in [4.78, 5) is 39.8. The monoisotopic (exact) mass is 376 g/mol. The summed E-state index contributed by atoms with van der Waals surface area (Å²) >= 11 is 1.35. The molecule has 0 saturated carbocycles. The zero-order chi connectivity index (χ0) is 19.4. The number of carbonyl (C=O) groups excluding carboxylic acids is 3. The van der Waals surface area contributed by atoms with Crippen LogP contribution < -0.4 is 0 Å². The highest BCUT2D eigenvalue weighted by Crippen LogP contribution is 2.24. The van der Waals surface area contributed by atoms with E-state index in [2.05, 4.69) is 0 Å². The molecular formula is C19H24N2O4S. The molecule has 140 valence electrons. The maximum absolute atomic E-state index is 13.0. The highest BCUT2D eigenvalue weighted by molar-refractivity contribution is 7.12. The number of esters is 1. The number of nitrogens with zero attached hydrogens (tertiary/aromatic N) is 2. The first-order valence-corrected chi connectivity index (χ1v) is 9.39. The van der Waals surface area contributed by atoms with E-state index < -0.39 is 5.97 Å². The van der Waals surface area contributed by atoms with Crippen molar-refractivity contribution in [3.63, 3.8) is 0 Å². The number of hydrogen-bond acceptors (Lipinski definition) is 5. The summed E-state index contributed by atoms with van der Waals surface area (Å²) in [5.41, 5.74) is 2.20. The number of aromatic nitrogens is 1. The zero-order valence-electron chi connectivity index (χ0n) is 15.8. The third-order valence-electron chi connectivity index (χ3n) is 4.48. The second-order valence-electron chi connectivity index (χ2n) is 5.89. The molecule has 7 heteroatoms. The fraction of sp³-hybridized carbons (Fsp3) is 0.421. The summed E-state index contributed by atoms with van der Waals surface area (Å²) in [6, 6.07) is 3.56. The fourth-order valence-electron chi connectivity index (χ4n) is 3.20. The van der Waals surface area contributed by atoms with Crippen LogP contribution in [-0.2, 0) is 11.3 Å². The molecule has 0 bridgehead atoms. The number of amides is 1. The summed E-state index contributed by atoms with van der Waals surface area (Å²) in [5, 5.41) is 1.83. The predicted molar refractivity (Wildman–Crippen MR) is 101 cm³/mol. The fourth-order valence-corrected chi connectivity index (χ4v) is 3.89. The van der Waals surface area contributed by atoms with Crippen LogP contribution in [0.3, 0.4) is 0 Å². The van der Waals surface area contributed by atoms with E-state index in [1.54, 1.807) is 17.6 Å². The van der Waals surface area contributed by atoms with Gasteiger partial charge in [-0.2, -0.15) is 0 Å². The Balaban J connectivity index is 2.36. The summed E-state index contributed by atoms with van der Waals surface area (Å²) in [7, 11) is 1.32. The van der Waals surface area contributed by atoms with Gasteiger partial charge < -0.3 is 14.2 Å². The predicted octanol–water partition coefficient (Wildman–Crippen LogP) is 3.32. The van der Waals surface area contributed by atoms with Gasteiger partial charge in [0, 0.05) is 24.3 Å². The van der Waals surface area contributed by atoms with Crippen molar-refractivity contribution in [2.75, 3.05) is 20.2 Å². The van der Waals surface area contributed by atoms with Gasteiger partial charge in [0.25, 0.3) is 5.91 Å². The van der Waals surface area contributed by atoms with Gasteiger partial charge in [0.05, 0.1) is 18.5 Å².